The second-order valence-electron chi connectivity index (χ2n) is 4.59. The van der Waals surface area contributed by atoms with Crippen LogP contribution >= 0.6 is 23.1 Å². The quantitative estimate of drug-likeness (QED) is 0.846. The van der Waals surface area contributed by atoms with E-state index < -0.39 is 0 Å². The highest BCUT2D eigenvalue weighted by molar-refractivity contribution is 8.01. The number of fused-ring (bicyclic) bond motifs is 1. The highest BCUT2D eigenvalue weighted by atomic mass is 32.2. The Kier molecular flexibility index (Phi) is 4.79. The van der Waals surface area contributed by atoms with Gasteiger partial charge in [0.2, 0.25) is 5.91 Å². The van der Waals surface area contributed by atoms with Gasteiger partial charge in [-0.1, -0.05) is 23.1 Å². The van der Waals surface area contributed by atoms with Gasteiger partial charge in [0.1, 0.15) is 18.2 Å². The molecule has 0 radical (unpaired) electrons. The number of anilines is 1. The third-order valence-corrected chi connectivity index (χ3v) is 4.86. The number of carbonyl (C=O) groups excluding carboxylic acids is 1. The Morgan fingerprint density at radius 3 is 2.91 bits per heavy atom. The van der Waals surface area contributed by atoms with Crippen LogP contribution in [0.15, 0.2) is 22.5 Å². The molecule has 0 spiro atoms. The predicted octanol–water partition coefficient (Wildman–Crippen LogP) is 2.74. The first kappa shape index (κ1) is 15.1. The van der Waals surface area contributed by atoms with Gasteiger partial charge in [-0.3, -0.25) is 4.79 Å². The number of rotatable bonds is 5. The first-order chi connectivity index (χ1) is 10.7. The molecule has 0 atom stereocenters. The number of nitrogens with one attached hydrogen (secondary N) is 1. The maximum Gasteiger partial charge on any atom is 0.225 e. The van der Waals surface area contributed by atoms with E-state index in [0.717, 1.165) is 9.35 Å². The van der Waals surface area contributed by atoms with Crippen LogP contribution < -0.4 is 14.8 Å². The van der Waals surface area contributed by atoms with Gasteiger partial charge in [0.05, 0.1) is 0 Å². The molecule has 0 saturated heterocycles. The molecule has 8 heteroatoms. The summed E-state index contributed by atoms with van der Waals surface area (Å²) in [5.74, 6) is 2.02. The molecule has 3 rings (SSSR count). The Hall–Kier alpha value is -1.80. The number of hydrogen-bond donors (Lipinski definition) is 1. The van der Waals surface area contributed by atoms with Crippen molar-refractivity contribution in [3.8, 4) is 11.5 Å². The van der Waals surface area contributed by atoms with Gasteiger partial charge in [0.25, 0.3) is 0 Å². The number of benzene rings is 1. The lowest BCUT2D eigenvalue weighted by Gasteiger charge is -2.18. The standard InChI is InChI=1S/C14H15N3O3S2/c1-9-16-17-14(22-9)21-7-4-13(18)15-10-2-3-11-12(8-10)20-6-5-19-11/h2-3,8H,4-7H2,1H3,(H,15,18). The second-order valence-corrected chi connectivity index (χ2v) is 7.12. The molecule has 0 bridgehead atoms. The number of carbonyl (C=O) groups is 1. The zero-order chi connectivity index (χ0) is 15.4. The molecule has 0 aliphatic carbocycles. The van der Waals surface area contributed by atoms with Crippen LogP contribution in [-0.2, 0) is 4.79 Å². The third kappa shape index (κ3) is 3.89. The summed E-state index contributed by atoms with van der Waals surface area (Å²) in [4.78, 5) is 11.9. The molecule has 0 unspecified atom stereocenters. The van der Waals surface area contributed by atoms with E-state index in [4.69, 9.17) is 9.47 Å². The van der Waals surface area contributed by atoms with Crippen LogP contribution in [0.5, 0.6) is 11.5 Å². The largest absolute Gasteiger partial charge is 0.486 e. The number of hydrogen-bond acceptors (Lipinski definition) is 7. The van der Waals surface area contributed by atoms with Crippen molar-refractivity contribution in [1.82, 2.24) is 10.2 Å². The summed E-state index contributed by atoms with van der Waals surface area (Å²) in [6.45, 7) is 3.00. The number of amides is 1. The fourth-order valence-electron chi connectivity index (χ4n) is 1.91. The average Bonchev–Trinajstić information content (AvgIpc) is 2.92. The van der Waals surface area contributed by atoms with Gasteiger partial charge < -0.3 is 14.8 Å². The van der Waals surface area contributed by atoms with E-state index in [0.29, 0.717) is 42.6 Å². The molecule has 0 saturated carbocycles. The lowest BCUT2D eigenvalue weighted by atomic mass is 10.2. The van der Waals surface area contributed by atoms with Crippen LogP contribution in [0.2, 0.25) is 0 Å². The third-order valence-electron chi connectivity index (χ3n) is 2.89. The molecular weight excluding hydrogens is 322 g/mol. The minimum atomic E-state index is -0.0367. The zero-order valence-corrected chi connectivity index (χ0v) is 13.6. The average molecular weight is 337 g/mol. The van der Waals surface area contributed by atoms with Crippen molar-refractivity contribution in [3.63, 3.8) is 0 Å². The summed E-state index contributed by atoms with van der Waals surface area (Å²) in [5, 5.41) is 11.8. The van der Waals surface area contributed by atoms with Gasteiger partial charge in [-0.05, 0) is 19.1 Å². The highest BCUT2D eigenvalue weighted by Crippen LogP contribution is 2.32. The number of aromatic nitrogens is 2. The van der Waals surface area contributed by atoms with Gasteiger partial charge in [0.15, 0.2) is 15.8 Å². The maximum absolute atomic E-state index is 11.9. The summed E-state index contributed by atoms with van der Waals surface area (Å²) >= 11 is 3.08. The van der Waals surface area contributed by atoms with Crippen LogP contribution in [0.25, 0.3) is 0 Å². The Morgan fingerprint density at radius 2 is 2.14 bits per heavy atom. The molecule has 6 nitrogen and oxygen atoms in total. The number of nitrogens with zero attached hydrogens (tertiary/aromatic N) is 2. The molecule has 116 valence electrons. The minimum Gasteiger partial charge on any atom is -0.486 e. The molecule has 2 heterocycles. The molecule has 1 aromatic heterocycles. The number of aryl methyl sites for hydroxylation is 1. The molecule has 1 aliphatic rings. The molecule has 1 aliphatic heterocycles. The van der Waals surface area contributed by atoms with Crippen LogP contribution in [0.4, 0.5) is 5.69 Å². The van der Waals surface area contributed by atoms with Crippen molar-refractivity contribution in [3.05, 3.63) is 23.2 Å². The first-order valence-electron chi connectivity index (χ1n) is 6.83. The van der Waals surface area contributed by atoms with Gasteiger partial charge in [-0.25, -0.2) is 0 Å². The van der Waals surface area contributed by atoms with E-state index in [1.807, 2.05) is 19.1 Å². The summed E-state index contributed by atoms with van der Waals surface area (Å²) in [6, 6.07) is 5.41. The van der Waals surface area contributed by atoms with Gasteiger partial charge in [0, 0.05) is 23.9 Å². The van der Waals surface area contributed by atoms with E-state index in [9.17, 15) is 4.79 Å². The minimum absolute atomic E-state index is 0.0367. The second kappa shape index (κ2) is 6.97. The molecular formula is C14H15N3O3S2. The van der Waals surface area contributed by atoms with E-state index in [2.05, 4.69) is 15.5 Å². The van der Waals surface area contributed by atoms with E-state index in [1.54, 1.807) is 17.8 Å². The van der Waals surface area contributed by atoms with Gasteiger partial charge in [-0.15, -0.1) is 10.2 Å². The molecule has 1 aromatic carbocycles. The van der Waals surface area contributed by atoms with Crippen molar-refractivity contribution in [1.29, 1.82) is 0 Å². The van der Waals surface area contributed by atoms with Gasteiger partial charge >= 0.3 is 0 Å². The maximum atomic E-state index is 11.9. The topological polar surface area (TPSA) is 73.3 Å². The zero-order valence-electron chi connectivity index (χ0n) is 12.0. The Balaban J connectivity index is 1.49. The smallest absolute Gasteiger partial charge is 0.225 e. The first-order valence-corrected chi connectivity index (χ1v) is 8.63. The van der Waals surface area contributed by atoms with Crippen molar-refractivity contribution in [2.24, 2.45) is 0 Å². The molecule has 1 N–H and O–H groups in total. The SMILES string of the molecule is Cc1nnc(SCCC(=O)Nc2ccc3c(c2)OCCO3)s1. The summed E-state index contributed by atoms with van der Waals surface area (Å²) in [5.41, 5.74) is 0.714. The Labute approximate surface area is 136 Å². The summed E-state index contributed by atoms with van der Waals surface area (Å²) in [7, 11) is 0. The fourth-order valence-corrected chi connectivity index (χ4v) is 3.74. The monoisotopic (exact) mass is 337 g/mol. The number of thioether (sulfide) groups is 1. The Morgan fingerprint density at radius 1 is 1.32 bits per heavy atom. The number of ether oxygens (including phenoxy) is 2. The van der Waals surface area contributed by atoms with E-state index in [1.165, 1.54) is 11.3 Å². The van der Waals surface area contributed by atoms with Gasteiger partial charge in [-0.2, -0.15) is 0 Å². The van der Waals surface area contributed by atoms with E-state index in [-0.39, 0.29) is 5.91 Å². The van der Waals surface area contributed by atoms with Crippen molar-refractivity contribution in [2.45, 2.75) is 17.7 Å². The predicted molar refractivity (Wildman–Crippen MR) is 86.0 cm³/mol. The Bertz CT molecular complexity index is 675. The molecule has 0 fully saturated rings. The molecule has 1 amide bonds. The van der Waals surface area contributed by atoms with E-state index >= 15 is 0 Å². The highest BCUT2D eigenvalue weighted by Gasteiger charge is 2.13. The van der Waals surface area contributed by atoms with Crippen molar-refractivity contribution >= 4 is 34.7 Å². The fraction of sp³-hybridized carbons (Fsp3) is 0.357. The van der Waals surface area contributed by atoms with Crippen LogP contribution in [-0.4, -0.2) is 35.1 Å². The lowest BCUT2D eigenvalue weighted by molar-refractivity contribution is -0.115. The lowest BCUT2D eigenvalue weighted by Crippen LogP contribution is -2.16. The van der Waals surface area contributed by atoms with Crippen molar-refractivity contribution in [2.75, 3.05) is 24.3 Å². The van der Waals surface area contributed by atoms with Crippen molar-refractivity contribution < 1.29 is 14.3 Å². The van der Waals surface area contributed by atoms with Crippen LogP contribution in [0.1, 0.15) is 11.4 Å². The molecule has 2 aromatic rings. The van der Waals surface area contributed by atoms with Crippen LogP contribution in [0, 0.1) is 6.92 Å². The summed E-state index contributed by atoms with van der Waals surface area (Å²) < 4.78 is 11.8. The van der Waals surface area contributed by atoms with Crippen LogP contribution in [0.3, 0.4) is 0 Å². The molecule has 22 heavy (non-hydrogen) atoms. The normalized spacial score (nSPS) is 13.0. The summed E-state index contributed by atoms with van der Waals surface area (Å²) in [6.07, 6.45) is 0.414.